The summed E-state index contributed by atoms with van der Waals surface area (Å²) in [6.07, 6.45) is 5.04. The van der Waals surface area contributed by atoms with E-state index in [1.165, 1.54) is 25.7 Å². The Morgan fingerprint density at radius 3 is 2.22 bits per heavy atom. The lowest BCUT2D eigenvalue weighted by atomic mass is 10.1. The van der Waals surface area contributed by atoms with E-state index in [4.69, 9.17) is 10.8 Å². The molecule has 2 aliphatic rings. The minimum absolute atomic E-state index is 0.473. The van der Waals surface area contributed by atoms with Crippen molar-refractivity contribution >= 4 is 5.96 Å². The summed E-state index contributed by atoms with van der Waals surface area (Å²) in [5.41, 5.74) is 2.81. The van der Waals surface area contributed by atoms with Crippen molar-refractivity contribution in [3.8, 4) is 0 Å². The number of aliphatic imine (C=N–C) groups is 1. The van der Waals surface area contributed by atoms with E-state index >= 15 is 0 Å². The van der Waals surface area contributed by atoms with Crippen molar-refractivity contribution in [1.29, 1.82) is 0 Å². The molecule has 5 nitrogen and oxygen atoms in total. The minimum Gasteiger partial charge on any atom is -0.339 e. The first kappa shape index (κ1) is 13.6. The van der Waals surface area contributed by atoms with Crippen LogP contribution in [0.1, 0.15) is 39.5 Å². The summed E-state index contributed by atoms with van der Waals surface area (Å²) in [7, 11) is 2.19. The van der Waals surface area contributed by atoms with E-state index in [0.717, 1.165) is 19.0 Å². The van der Waals surface area contributed by atoms with Gasteiger partial charge in [-0.1, -0.05) is 12.8 Å². The summed E-state index contributed by atoms with van der Waals surface area (Å²) < 4.78 is 0. The van der Waals surface area contributed by atoms with E-state index in [2.05, 4.69) is 36.1 Å². The Morgan fingerprint density at radius 1 is 1.17 bits per heavy atom. The summed E-state index contributed by atoms with van der Waals surface area (Å²) in [4.78, 5) is 9.52. The SMILES string of the molecule is CC1CN(C(=NC2CCCC2)NN)CC(C)N1C. The number of hydrazine groups is 1. The molecule has 1 aliphatic heterocycles. The van der Waals surface area contributed by atoms with E-state index in [0.29, 0.717) is 18.1 Å². The van der Waals surface area contributed by atoms with Crippen molar-refractivity contribution in [3.05, 3.63) is 0 Å². The first-order valence-corrected chi connectivity index (χ1v) is 7.13. The van der Waals surface area contributed by atoms with Crippen molar-refractivity contribution in [3.63, 3.8) is 0 Å². The smallest absolute Gasteiger partial charge is 0.208 e. The zero-order valence-corrected chi connectivity index (χ0v) is 11.9. The fraction of sp³-hybridized carbons (Fsp3) is 0.923. The second-order valence-corrected chi connectivity index (χ2v) is 5.80. The lowest BCUT2D eigenvalue weighted by Crippen LogP contribution is -2.59. The van der Waals surface area contributed by atoms with Crippen LogP contribution in [0.5, 0.6) is 0 Å². The zero-order valence-electron chi connectivity index (χ0n) is 11.9. The average molecular weight is 253 g/mol. The summed E-state index contributed by atoms with van der Waals surface area (Å²) >= 11 is 0. The third kappa shape index (κ3) is 2.95. The average Bonchev–Trinajstić information content (AvgIpc) is 2.85. The second-order valence-electron chi connectivity index (χ2n) is 5.80. The molecule has 2 atom stereocenters. The topological polar surface area (TPSA) is 56.9 Å². The Bertz CT molecular complexity index is 286. The maximum Gasteiger partial charge on any atom is 0.208 e. The molecule has 0 amide bonds. The number of nitrogens with two attached hydrogens (primary N) is 1. The van der Waals surface area contributed by atoms with Gasteiger partial charge in [-0.25, -0.2) is 10.8 Å². The predicted molar refractivity (Wildman–Crippen MR) is 75.3 cm³/mol. The van der Waals surface area contributed by atoms with Gasteiger partial charge in [0.05, 0.1) is 6.04 Å². The molecule has 18 heavy (non-hydrogen) atoms. The molecule has 0 spiro atoms. The molecule has 1 saturated heterocycles. The largest absolute Gasteiger partial charge is 0.339 e. The Kier molecular flexibility index (Phi) is 4.45. The number of piperazine rings is 1. The Labute approximate surface area is 110 Å². The highest BCUT2D eigenvalue weighted by molar-refractivity contribution is 5.79. The molecule has 5 heteroatoms. The first-order valence-electron chi connectivity index (χ1n) is 7.13. The number of hydrogen-bond donors (Lipinski definition) is 2. The van der Waals surface area contributed by atoms with Gasteiger partial charge in [-0.05, 0) is 33.7 Å². The van der Waals surface area contributed by atoms with E-state index < -0.39 is 0 Å². The quantitative estimate of drug-likeness (QED) is 0.314. The lowest BCUT2D eigenvalue weighted by molar-refractivity contribution is 0.0965. The highest BCUT2D eigenvalue weighted by Crippen LogP contribution is 2.21. The molecule has 2 rings (SSSR count). The molecule has 0 aromatic rings. The Hall–Kier alpha value is -0.810. The molecule has 3 N–H and O–H groups in total. The molecule has 2 fully saturated rings. The van der Waals surface area contributed by atoms with Crippen molar-refractivity contribution < 1.29 is 0 Å². The van der Waals surface area contributed by atoms with Gasteiger partial charge in [-0.2, -0.15) is 0 Å². The standard InChI is InChI=1S/C13H27N5/c1-10-8-18(9-11(2)17(10)3)13(16-14)15-12-6-4-5-7-12/h10-12H,4-9,14H2,1-3H3,(H,15,16). The molecule has 1 saturated carbocycles. The van der Waals surface area contributed by atoms with Gasteiger partial charge in [0.15, 0.2) is 0 Å². The highest BCUT2D eigenvalue weighted by atomic mass is 15.4. The molecule has 0 radical (unpaired) electrons. The summed E-state index contributed by atoms with van der Waals surface area (Å²) in [6.45, 7) is 6.51. The Balaban J connectivity index is 2.03. The monoisotopic (exact) mass is 253 g/mol. The number of nitrogens with one attached hydrogen (secondary N) is 1. The molecule has 0 bridgehead atoms. The van der Waals surface area contributed by atoms with E-state index in [9.17, 15) is 0 Å². The summed E-state index contributed by atoms with van der Waals surface area (Å²) in [6, 6.07) is 1.55. The van der Waals surface area contributed by atoms with Crippen LogP contribution in [-0.4, -0.2) is 54.0 Å². The van der Waals surface area contributed by atoms with E-state index in [1.54, 1.807) is 0 Å². The Morgan fingerprint density at radius 2 is 1.72 bits per heavy atom. The number of nitrogens with zero attached hydrogens (tertiary/aromatic N) is 3. The van der Waals surface area contributed by atoms with Crippen LogP contribution in [0.2, 0.25) is 0 Å². The van der Waals surface area contributed by atoms with Crippen molar-refractivity contribution in [1.82, 2.24) is 15.2 Å². The predicted octanol–water partition coefficient (Wildman–Crippen LogP) is 0.773. The summed E-state index contributed by atoms with van der Waals surface area (Å²) in [5, 5.41) is 0. The third-order valence-corrected chi connectivity index (χ3v) is 4.42. The van der Waals surface area contributed by atoms with Crippen LogP contribution in [0.25, 0.3) is 0 Å². The normalized spacial score (nSPS) is 32.0. The van der Waals surface area contributed by atoms with Gasteiger partial charge in [0.25, 0.3) is 0 Å². The second kappa shape index (κ2) is 5.89. The van der Waals surface area contributed by atoms with Crippen LogP contribution in [0.15, 0.2) is 4.99 Å². The molecule has 0 aromatic heterocycles. The van der Waals surface area contributed by atoms with E-state index in [-0.39, 0.29) is 0 Å². The van der Waals surface area contributed by atoms with Crippen molar-refractivity contribution in [2.24, 2.45) is 10.8 Å². The number of hydrogen-bond acceptors (Lipinski definition) is 3. The van der Waals surface area contributed by atoms with Gasteiger partial charge in [-0.3, -0.25) is 10.3 Å². The number of rotatable bonds is 1. The van der Waals surface area contributed by atoms with Crippen LogP contribution >= 0.6 is 0 Å². The molecule has 0 aromatic carbocycles. The molecule has 104 valence electrons. The zero-order chi connectivity index (χ0) is 13.1. The van der Waals surface area contributed by atoms with Crippen LogP contribution < -0.4 is 11.3 Å². The van der Waals surface area contributed by atoms with Gasteiger partial charge >= 0.3 is 0 Å². The molecule has 1 heterocycles. The molecule has 2 unspecified atom stereocenters. The first-order chi connectivity index (χ1) is 8.61. The van der Waals surface area contributed by atoms with Crippen LogP contribution in [0.4, 0.5) is 0 Å². The summed E-state index contributed by atoms with van der Waals surface area (Å²) in [5.74, 6) is 6.55. The van der Waals surface area contributed by atoms with Crippen molar-refractivity contribution in [2.75, 3.05) is 20.1 Å². The van der Waals surface area contributed by atoms with Crippen LogP contribution in [-0.2, 0) is 0 Å². The van der Waals surface area contributed by atoms with E-state index in [1.807, 2.05) is 0 Å². The van der Waals surface area contributed by atoms with Crippen LogP contribution in [0.3, 0.4) is 0 Å². The van der Waals surface area contributed by atoms with Gasteiger partial charge in [0.2, 0.25) is 5.96 Å². The number of guanidine groups is 1. The maximum absolute atomic E-state index is 5.67. The van der Waals surface area contributed by atoms with Crippen LogP contribution in [0, 0.1) is 0 Å². The van der Waals surface area contributed by atoms with Gasteiger partial charge in [0, 0.05) is 25.2 Å². The lowest BCUT2D eigenvalue weighted by Gasteiger charge is -2.43. The molecular weight excluding hydrogens is 226 g/mol. The number of likely N-dealkylation sites (N-methyl/N-ethyl adjacent to an activating group) is 1. The third-order valence-electron chi connectivity index (χ3n) is 4.42. The van der Waals surface area contributed by atoms with Gasteiger partial charge in [0.1, 0.15) is 0 Å². The van der Waals surface area contributed by atoms with Crippen molar-refractivity contribution in [2.45, 2.75) is 57.7 Å². The fourth-order valence-electron chi connectivity index (χ4n) is 2.99. The maximum atomic E-state index is 5.67. The molecule has 1 aliphatic carbocycles. The van der Waals surface area contributed by atoms with Gasteiger partial charge in [-0.15, -0.1) is 0 Å². The highest BCUT2D eigenvalue weighted by Gasteiger charge is 2.28. The fourth-order valence-corrected chi connectivity index (χ4v) is 2.99. The minimum atomic E-state index is 0.473. The molecular formula is C13H27N5. The van der Waals surface area contributed by atoms with Gasteiger partial charge < -0.3 is 4.90 Å².